The molecule has 0 fully saturated rings. The second-order valence-corrected chi connectivity index (χ2v) is 7.31. The molecule has 0 amide bonds. The van der Waals surface area contributed by atoms with Crippen molar-refractivity contribution < 1.29 is 0 Å². The molecule has 1 aliphatic carbocycles. The zero-order chi connectivity index (χ0) is 18.1. The summed E-state index contributed by atoms with van der Waals surface area (Å²) in [5.74, 6) is 0.509. The van der Waals surface area contributed by atoms with Crippen molar-refractivity contribution in [3.05, 3.63) is 101 Å². The predicted octanol–water partition coefficient (Wildman–Crippen LogP) is 7.15. The number of fused-ring (bicyclic) bond motifs is 1. The molecule has 0 aliphatic heterocycles. The van der Waals surface area contributed by atoms with Gasteiger partial charge in [-0.05, 0) is 62.9 Å². The summed E-state index contributed by atoms with van der Waals surface area (Å²) >= 11 is 0. The largest absolute Gasteiger partial charge is 0.0622 e. The van der Waals surface area contributed by atoms with E-state index in [0.717, 1.165) is 6.42 Å². The Hall–Kier alpha value is -2.60. The molecule has 3 aromatic rings. The van der Waals surface area contributed by atoms with Gasteiger partial charge >= 0.3 is 0 Å². The molecule has 0 nitrogen and oxygen atoms in total. The van der Waals surface area contributed by atoms with Crippen molar-refractivity contribution >= 4 is 11.6 Å². The number of hydrogen-bond donors (Lipinski definition) is 0. The Bertz CT molecular complexity index is 959. The van der Waals surface area contributed by atoms with E-state index in [0.29, 0.717) is 5.92 Å². The first-order valence-corrected chi connectivity index (χ1v) is 9.56. The van der Waals surface area contributed by atoms with Gasteiger partial charge in [0.1, 0.15) is 0 Å². The maximum absolute atomic E-state index is 2.37. The lowest BCUT2D eigenvalue weighted by molar-refractivity contribution is 0.868. The first-order chi connectivity index (χ1) is 12.7. The van der Waals surface area contributed by atoms with Crippen LogP contribution < -0.4 is 0 Å². The Labute approximate surface area is 157 Å². The highest BCUT2D eigenvalue weighted by molar-refractivity contribution is 5.99. The van der Waals surface area contributed by atoms with E-state index in [4.69, 9.17) is 0 Å². The number of allylic oxidation sites excluding steroid dienone is 1. The van der Waals surface area contributed by atoms with Crippen LogP contribution in [0.4, 0.5) is 0 Å². The monoisotopic (exact) mass is 337 g/mol. The molecule has 0 unspecified atom stereocenters. The SMILES string of the molecule is CCc1ccc2c(c1-c1ccccc1C(C)C)C=C(c1ccccc1)[CH]2. The van der Waals surface area contributed by atoms with Crippen LogP contribution >= 0.6 is 0 Å². The zero-order valence-corrected chi connectivity index (χ0v) is 15.8. The summed E-state index contributed by atoms with van der Waals surface area (Å²) < 4.78 is 0. The topological polar surface area (TPSA) is 0 Å². The second kappa shape index (κ2) is 6.96. The quantitative estimate of drug-likeness (QED) is 0.474. The molecule has 4 rings (SSSR count). The van der Waals surface area contributed by atoms with Crippen LogP contribution in [0.15, 0.2) is 66.7 Å². The van der Waals surface area contributed by atoms with Crippen LogP contribution in [-0.4, -0.2) is 0 Å². The molecule has 0 spiro atoms. The molecule has 0 bridgehead atoms. The van der Waals surface area contributed by atoms with Gasteiger partial charge in [-0.15, -0.1) is 0 Å². The molecular weight excluding hydrogens is 312 g/mol. The van der Waals surface area contributed by atoms with Gasteiger partial charge in [0.15, 0.2) is 0 Å². The van der Waals surface area contributed by atoms with Crippen LogP contribution in [0.1, 0.15) is 54.5 Å². The van der Waals surface area contributed by atoms with Crippen molar-refractivity contribution in [3.8, 4) is 11.1 Å². The fourth-order valence-electron chi connectivity index (χ4n) is 3.96. The zero-order valence-electron chi connectivity index (χ0n) is 15.8. The molecule has 3 aromatic carbocycles. The van der Waals surface area contributed by atoms with Crippen LogP contribution in [0.25, 0.3) is 22.8 Å². The van der Waals surface area contributed by atoms with E-state index in [1.54, 1.807) is 0 Å². The van der Waals surface area contributed by atoms with Crippen molar-refractivity contribution in [2.75, 3.05) is 0 Å². The summed E-state index contributed by atoms with van der Waals surface area (Å²) in [7, 11) is 0. The van der Waals surface area contributed by atoms with E-state index in [2.05, 4.69) is 100.0 Å². The van der Waals surface area contributed by atoms with Crippen molar-refractivity contribution in [3.63, 3.8) is 0 Å². The van der Waals surface area contributed by atoms with E-state index >= 15 is 0 Å². The Balaban J connectivity index is 1.93. The average molecular weight is 337 g/mol. The van der Waals surface area contributed by atoms with Crippen LogP contribution in [0.3, 0.4) is 0 Å². The minimum absolute atomic E-state index is 0.509. The highest BCUT2D eigenvalue weighted by atomic mass is 14.3. The average Bonchev–Trinajstić information content (AvgIpc) is 3.12. The summed E-state index contributed by atoms with van der Waals surface area (Å²) in [5.41, 5.74) is 10.9. The van der Waals surface area contributed by atoms with Gasteiger partial charge in [-0.3, -0.25) is 0 Å². The van der Waals surface area contributed by atoms with Crippen LogP contribution in [-0.2, 0) is 6.42 Å². The second-order valence-electron chi connectivity index (χ2n) is 7.31. The molecule has 0 atom stereocenters. The van der Waals surface area contributed by atoms with Crippen molar-refractivity contribution in [1.29, 1.82) is 0 Å². The predicted molar refractivity (Wildman–Crippen MR) is 113 cm³/mol. The first-order valence-electron chi connectivity index (χ1n) is 9.56. The number of benzene rings is 3. The molecule has 0 heteroatoms. The summed E-state index contributed by atoms with van der Waals surface area (Å²) in [4.78, 5) is 0. The third kappa shape index (κ3) is 2.90. The fourth-order valence-corrected chi connectivity index (χ4v) is 3.96. The maximum atomic E-state index is 2.37. The highest BCUT2D eigenvalue weighted by Crippen LogP contribution is 2.42. The molecular formula is C26H25. The third-order valence-corrected chi connectivity index (χ3v) is 5.32. The summed E-state index contributed by atoms with van der Waals surface area (Å²) in [5, 5.41) is 0. The lowest BCUT2D eigenvalue weighted by Crippen LogP contribution is -1.98. The molecule has 0 heterocycles. The maximum Gasteiger partial charge on any atom is 0.0211 e. The molecule has 129 valence electrons. The minimum atomic E-state index is 0.509. The van der Waals surface area contributed by atoms with Gasteiger partial charge in [-0.25, -0.2) is 0 Å². The number of aryl methyl sites for hydroxylation is 1. The van der Waals surface area contributed by atoms with Gasteiger partial charge in [-0.1, -0.05) is 87.5 Å². The lowest BCUT2D eigenvalue weighted by atomic mass is 9.86. The molecule has 0 N–H and O–H groups in total. The van der Waals surface area contributed by atoms with Gasteiger partial charge in [0, 0.05) is 6.42 Å². The van der Waals surface area contributed by atoms with Gasteiger partial charge in [0.2, 0.25) is 0 Å². The van der Waals surface area contributed by atoms with Crippen LogP contribution in [0.5, 0.6) is 0 Å². The molecule has 0 saturated carbocycles. The summed E-state index contributed by atoms with van der Waals surface area (Å²) in [6.07, 6.45) is 5.74. The van der Waals surface area contributed by atoms with E-state index < -0.39 is 0 Å². The smallest absolute Gasteiger partial charge is 0.0211 e. The van der Waals surface area contributed by atoms with Gasteiger partial charge in [0.05, 0.1) is 0 Å². The van der Waals surface area contributed by atoms with E-state index in [1.807, 2.05) is 0 Å². The van der Waals surface area contributed by atoms with Crippen LogP contribution in [0.2, 0.25) is 0 Å². The number of rotatable bonds is 4. The lowest BCUT2D eigenvalue weighted by Gasteiger charge is -2.18. The first kappa shape index (κ1) is 16.8. The van der Waals surface area contributed by atoms with E-state index in [9.17, 15) is 0 Å². The van der Waals surface area contributed by atoms with Crippen molar-refractivity contribution in [1.82, 2.24) is 0 Å². The van der Waals surface area contributed by atoms with Gasteiger partial charge in [-0.2, -0.15) is 0 Å². The normalized spacial score (nSPS) is 13.0. The standard InChI is InChI=1S/C26H25/c1-4-19-14-15-21-16-22(20-10-6-5-7-11-20)17-25(21)26(19)24-13-9-8-12-23(24)18(2)3/h5-18H,4H2,1-3H3. The summed E-state index contributed by atoms with van der Waals surface area (Å²) in [6, 6.07) is 24.2. The molecule has 0 aromatic heterocycles. The van der Waals surface area contributed by atoms with E-state index in [1.165, 1.54) is 44.5 Å². The summed E-state index contributed by atoms with van der Waals surface area (Å²) in [6.45, 7) is 6.82. The highest BCUT2D eigenvalue weighted by Gasteiger charge is 2.22. The third-order valence-electron chi connectivity index (χ3n) is 5.32. The Morgan fingerprint density at radius 3 is 2.27 bits per heavy atom. The molecule has 1 aliphatic rings. The van der Waals surface area contributed by atoms with Crippen molar-refractivity contribution in [2.45, 2.75) is 33.1 Å². The van der Waals surface area contributed by atoms with Gasteiger partial charge < -0.3 is 0 Å². The fraction of sp³-hybridized carbons (Fsp3) is 0.192. The molecule has 26 heavy (non-hydrogen) atoms. The Morgan fingerprint density at radius 2 is 1.54 bits per heavy atom. The Morgan fingerprint density at radius 1 is 0.808 bits per heavy atom. The van der Waals surface area contributed by atoms with Gasteiger partial charge in [0.25, 0.3) is 0 Å². The molecule has 1 radical (unpaired) electrons. The van der Waals surface area contributed by atoms with E-state index in [-0.39, 0.29) is 0 Å². The van der Waals surface area contributed by atoms with Crippen LogP contribution in [0, 0.1) is 6.42 Å². The minimum Gasteiger partial charge on any atom is -0.0622 e. The molecule has 0 saturated heterocycles. The van der Waals surface area contributed by atoms with Crippen molar-refractivity contribution in [2.24, 2.45) is 0 Å². The Kier molecular flexibility index (Phi) is 4.51. The number of hydrogen-bond acceptors (Lipinski definition) is 0.